The molecule has 1 aliphatic rings. The van der Waals surface area contributed by atoms with Crippen molar-refractivity contribution >= 4 is 23.1 Å². The molecule has 0 radical (unpaired) electrons. The summed E-state index contributed by atoms with van der Waals surface area (Å²) in [4.78, 5) is 27.2. The van der Waals surface area contributed by atoms with E-state index in [0.717, 1.165) is 49.9 Å². The summed E-state index contributed by atoms with van der Waals surface area (Å²) in [5, 5.41) is 0. The van der Waals surface area contributed by atoms with E-state index in [2.05, 4.69) is 9.64 Å². The minimum absolute atomic E-state index is 0.0687. The molecule has 2 aromatic carbocycles. The van der Waals surface area contributed by atoms with Crippen molar-refractivity contribution in [3.63, 3.8) is 0 Å². The molecule has 1 amide bonds. The maximum absolute atomic E-state index is 14.4. The van der Waals surface area contributed by atoms with Crippen LogP contribution in [-0.4, -0.2) is 74.6 Å². The zero-order valence-electron chi connectivity index (χ0n) is 19.4. The smallest absolute Gasteiger partial charge is 0.337 e. The summed E-state index contributed by atoms with van der Waals surface area (Å²) in [5.74, 6) is -1.16. The van der Waals surface area contributed by atoms with Gasteiger partial charge in [0.25, 0.3) is 0 Å². The van der Waals surface area contributed by atoms with Crippen LogP contribution in [0.1, 0.15) is 34.0 Å². The number of rotatable bonds is 9. The van der Waals surface area contributed by atoms with Gasteiger partial charge in [-0.1, -0.05) is 30.3 Å². The summed E-state index contributed by atoms with van der Waals surface area (Å²) in [6.45, 7) is 5.76. The van der Waals surface area contributed by atoms with Crippen molar-refractivity contribution in [2.75, 3.05) is 39.8 Å². The number of piperazine rings is 1. The Morgan fingerprint density at radius 1 is 1.09 bits per heavy atom. The average Bonchev–Trinajstić information content (AvgIpc) is 2.83. The molecule has 1 heterocycles. The Bertz CT molecular complexity index is 1030. The molecule has 8 nitrogen and oxygen atoms in total. The molecule has 1 fully saturated rings. The van der Waals surface area contributed by atoms with E-state index < -0.39 is 23.1 Å². The van der Waals surface area contributed by atoms with E-state index >= 15 is 0 Å². The summed E-state index contributed by atoms with van der Waals surface area (Å²) in [6.07, 6.45) is 0.520. The highest BCUT2D eigenvalue weighted by atomic mass is 32.2. The van der Waals surface area contributed by atoms with E-state index in [9.17, 15) is 22.7 Å². The average molecular weight is 492 g/mol. The van der Waals surface area contributed by atoms with Gasteiger partial charge in [-0.25, -0.2) is 13.4 Å². The third kappa shape index (κ3) is 7.17. The van der Waals surface area contributed by atoms with E-state index in [1.54, 1.807) is 6.92 Å². The predicted octanol–water partition coefficient (Wildman–Crippen LogP) is 2.46. The van der Waals surface area contributed by atoms with Crippen molar-refractivity contribution in [2.24, 2.45) is 0 Å². The Kier molecular flexibility index (Phi) is 9.28. The number of carbonyl (C=O) groups is 2. The molecule has 0 saturated carbocycles. The van der Waals surface area contributed by atoms with E-state index in [1.165, 1.54) is 23.5 Å². The molecular weight excluding hydrogens is 461 g/mol. The van der Waals surface area contributed by atoms with Gasteiger partial charge in [-0.2, -0.15) is 4.31 Å². The van der Waals surface area contributed by atoms with E-state index in [0.29, 0.717) is 6.42 Å². The molecule has 10 heteroatoms. The zero-order valence-corrected chi connectivity index (χ0v) is 20.2. The van der Waals surface area contributed by atoms with Crippen LogP contribution in [0.2, 0.25) is 0 Å². The topological polar surface area (TPSA) is 90.4 Å². The van der Waals surface area contributed by atoms with Crippen LogP contribution < -0.4 is 0 Å². The van der Waals surface area contributed by atoms with Crippen molar-refractivity contribution in [1.82, 2.24) is 14.1 Å². The first kappa shape index (κ1) is 26.0. The van der Waals surface area contributed by atoms with Crippen molar-refractivity contribution in [1.29, 1.82) is 0 Å². The SMILES string of the molecule is COC(=O)c1ccc(CN(CCc2ccc(CN3CCN(C(C)=O)CC3)cc2)S(=O)O)c(F)c1. The Hall–Kier alpha value is -2.66. The third-order valence-electron chi connectivity index (χ3n) is 5.94. The van der Waals surface area contributed by atoms with Crippen molar-refractivity contribution < 1.29 is 27.5 Å². The molecule has 184 valence electrons. The minimum atomic E-state index is -2.28. The van der Waals surface area contributed by atoms with Crippen LogP contribution in [0.25, 0.3) is 0 Å². The normalized spacial score (nSPS) is 15.4. The molecule has 0 aromatic heterocycles. The van der Waals surface area contributed by atoms with Crippen molar-refractivity contribution in [2.45, 2.75) is 26.4 Å². The van der Waals surface area contributed by atoms with Gasteiger partial charge in [-0.3, -0.25) is 14.2 Å². The van der Waals surface area contributed by atoms with Gasteiger partial charge in [-0.05, 0) is 29.7 Å². The fourth-order valence-electron chi connectivity index (χ4n) is 3.87. The van der Waals surface area contributed by atoms with Gasteiger partial charge >= 0.3 is 5.97 Å². The number of nitrogens with zero attached hydrogens (tertiary/aromatic N) is 3. The number of esters is 1. The zero-order chi connectivity index (χ0) is 24.7. The Morgan fingerprint density at radius 2 is 1.74 bits per heavy atom. The largest absolute Gasteiger partial charge is 0.465 e. The molecule has 1 aliphatic heterocycles. The first-order chi connectivity index (χ1) is 16.3. The van der Waals surface area contributed by atoms with Crippen LogP contribution in [0.15, 0.2) is 42.5 Å². The van der Waals surface area contributed by atoms with Gasteiger partial charge in [0.1, 0.15) is 5.82 Å². The molecule has 34 heavy (non-hydrogen) atoms. The lowest BCUT2D eigenvalue weighted by Gasteiger charge is -2.34. The molecule has 1 unspecified atom stereocenters. The maximum Gasteiger partial charge on any atom is 0.337 e. The predicted molar refractivity (Wildman–Crippen MR) is 127 cm³/mol. The van der Waals surface area contributed by atoms with E-state index in [4.69, 9.17) is 0 Å². The molecule has 1 atom stereocenters. The number of hydrogen-bond acceptors (Lipinski definition) is 5. The Morgan fingerprint density at radius 3 is 2.29 bits per heavy atom. The van der Waals surface area contributed by atoms with Gasteiger partial charge in [0.2, 0.25) is 17.2 Å². The molecule has 0 spiro atoms. The molecule has 1 saturated heterocycles. The molecule has 2 aromatic rings. The summed E-state index contributed by atoms with van der Waals surface area (Å²) in [6, 6.07) is 12.0. The van der Waals surface area contributed by atoms with Crippen LogP contribution in [0.4, 0.5) is 4.39 Å². The van der Waals surface area contributed by atoms with Crippen LogP contribution in [0.5, 0.6) is 0 Å². The maximum atomic E-state index is 14.4. The van der Waals surface area contributed by atoms with Crippen LogP contribution in [0.3, 0.4) is 0 Å². The quantitative estimate of drug-likeness (QED) is 0.428. The third-order valence-corrected chi connectivity index (χ3v) is 6.69. The highest BCUT2D eigenvalue weighted by molar-refractivity contribution is 7.76. The monoisotopic (exact) mass is 491 g/mol. The summed E-state index contributed by atoms with van der Waals surface area (Å²) >= 11 is -2.28. The Balaban J connectivity index is 1.53. The standard InChI is InChI=1S/C24H30FN3O5S/c1-18(29)27-13-11-26(12-14-27)16-20-5-3-19(4-6-20)9-10-28(34(31)32)17-22-8-7-21(15-23(22)25)24(30)33-2/h3-8,15H,9-14,16-17H2,1-2H3,(H,31,32). The second-order valence-electron chi connectivity index (χ2n) is 8.24. The summed E-state index contributed by atoms with van der Waals surface area (Å²) in [7, 11) is 1.22. The van der Waals surface area contributed by atoms with Crippen molar-refractivity contribution in [3.8, 4) is 0 Å². The Labute approximate surface area is 201 Å². The number of amides is 1. The number of methoxy groups -OCH3 is 1. The van der Waals surface area contributed by atoms with Gasteiger partial charge < -0.3 is 9.64 Å². The number of carbonyl (C=O) groups excluding carboxylic acids is 2. The number of halogens is 1. The van der Waals surface area contributed by atoms with Gasteiger partial charge in [0, 0.05) is 58.3 Å². The highest BCUT2D eigenvalue weighted by Gasteiger charge is 2.19. The molecule has 0 bridgehead atoms. The second kappa shape index (κ2) is 12.2. The van der Waals surface area contributed by atoms with Crippen LogP contribution in [-0.2, 0) is 40.3 Å². The second-order valence-corrected chi connectivity index (χ2v) is 9.22. The fraction of sp³-hybridized carbons (Fsp3) is 0.417. The first-order valence-corrected chi connectivity index (χ1v) is 12.1. The van der Waals surface area contributed by atoms with Crippen LogP contribution in [0, 0.1) is 5.82 Å². The van der Waals surface area contributed by atoms with Gasteiger partial charge in [0.05, 0.1) is 12.7 Å². The van der Waals surface area contributed by atoms with Gasteiger partial charge in [-0.15, -0.1) is 0 Å². The minimum Gasteiger partial charge on any atom is -0.465 e. The first-order valence-electron chi connectivity index (χ1n) is 11.0. The number of hydrogen-bond donors (Lipinski definition) is 1. The molecule has 0 aliphatic carbocycles. The summed E-state index contributed by atoms with van der Waals surface area (Å²) < 4.78 is 41.7. The van der Waals surface area contributed by atoms with E-state index in [1.807, 2.05) is 29.2 Å². The highest BCUT2D eigenvalue weighted by Crippen LogP contribution is 2.16. The lowest BCUT2D eigenvalue weighted by Crippen LogP contribution is -2.47. The van der Waals surface area contributed by atoms with Gasteiger partial charge in [0.15, 0.2) is 0 Å². The van der Waals surface area contributed by atoms with Crippen LogP contribution >= 0.6 is 0 Å². The number of benzene rings is 2. The lowest BCUT2D eigenvalue weighted by atomic mass is 10.1. The summed E-state index contributed by atoms with van der Waals surface area (Å²) in [5.41, 5.74) is 2.47. The molecule has 3 rings (SSSR count). The molecule has 1 N–H and O–H groups in total. The molecular formula is C24H30FN3O5S. The number of ether oxygens (including phenoxy) is 1. The lowest BCUT2D eigenvalue weighted by molar-refractivity contribution is -0.130. The van der Waals surface area contributed by atoms with E-state index in [-0.39, 0.29) is 30.1 Å². The van der Waals surface area contributed by atoms with Crippen molar-refractivity contribution in [3.05, 3.63) is 70.5 Å². The fourth-order valence-corrected chi connectivity index (χ4v) is 4.36.